The normalized spacial score (nSPS) is 32.2. The Morgan fingerprint density at radius 1 is 1.21 bits per heavy atom. The molecule has 180 valence electrons. The molecule has 1 aromatic rings. The van der Waals surface area contributed by atoms with Crippen LogP contribution in [0, 0.1) is 25.7 Å². The van der Waals surface area contributed by atoms with E-state index in [9.17, 15) is 19.5 Å². The highest BCUT2D eigenvalue weighted by atomic mass is 32.2. The Morgan fingerprint density at radius 3 is 2.55 bits per heavy atom. The van der Waals surface area contributed by atoms with Gasteiger partial charge < -0.3 is 20.6 Å². The van der Waals surface area contributed by atoms with Crippen LogP contribution >= 0.6 is 11.8 Å². The number of fused-ring (bicyclic) bond motifs is 1. The molecule has 8 heteroatoms. The highest BCUT2D eigenvalue weighted by Gasteiger charge is 2.76. The van der Waals surface area contributed by atoms with E-state index in [1.165, 1.54) is 0 Å². The zero-order valence-corrected chi connectivity index (χ0v) is 20.8. The summed E-state index contributed by atoms with van der Waals surface area (Å²) in [5.74, 6) is -1.38. The molecule has 1 aromatic carbocycles. The summed E-state index contributed by atoms with van der Waals surface area (Å²) in [6.07, 6.45) is 2.75. The Bertz CT molecular complexity index is 949. The van der Waals surface area contributed by atoms with Gasteiger partial charge in [-0.05, 0) is 57.6 Å². The molecule has 3 aliphatic heterocycles. The third kappa shape index (κ3) is 3.75. The second kappa shape index (κ2) is 8.95. The Morgan fingerprint density at radius 2 is 1.91 bits per heavy atom. The monoisotopic (exact) mass is 473 g/mol. The van der Waals surface area contributed by atoms with E-state index in [0.717, 1.165) is 36.1 Å². The fraction of sp³-hybridized carbons (Fsp3) is 0.640. The zero-order chi connectivity index (χ0) is 24.0. The molecule has 2 unspecified atom stereocenters. The standard InChI is InChI=1S/C25H35N3O4S/c1-5-12-26-21(30)17-18-23(32)28(13-7-14-29)20(25(18)11-10-24(17,4)33-25)22(31)27-19-15(2)8-6-9-16(19)3/h6,8-9,17-18,20,29H,5,7,10-14H2,1-4H3,(H,26,30)(H,27,31)/t17-,18+,20?,24+,25?/m1/s1. The number of nitrogens with zero attached hydrogens (tertiary/aromatic N) is 1. The number of thioether (sulfide) groups is 1. The summed E-state index contributed by atoms with van der Waals surface area (Å²) in [6.45, 7) is 8.82. The third-order valence-corrected chi connectivity index (χ3v) is 9.63. The van der Waals surface area contributed by atoms with Crippen molar-refractivity contribution in [3.8, 4) is 0 Å². The van der Waals surface area contributed by atoms with Crippen molar-refractivity contribution in [1.29, 1.82) is 0 Å². The van der Waals surface area contributed by atoms with E-state index >= 15 is 0 Å². The Hall–Kier alpha value is -2.06. The van der Waals surface area contributed by atoms with Gasteiger partial charge in [0.1, 0.15) is 6.04 Å². The van der Waals surface area contributed by atoms with Crippen LogP contribution in [0.2, 0.25) is 0 Å². The number of carbonyl (C=O) groups is 3. The number of anilines is 1. The molecule has 7 nitrogen and oxygen atoms in total. The van der Waals surface area contributed by atoms with Gasteiger partial charge in [-0.1, -0.05) is 25.1 Å². The third-order valence-electron chi connectivity index (χ3n) is 7.64. The van der Waals surface area contributed by atoms with Gasteiger partial charge in [-0.2, -0.15) is 0 Å². The van der Waals surface area contributed by atoms with Gasteiger partial charge in [0.25, 0.3) is 0 Å². The second-order valence-corrected chi connectivity index (χ2v) is 11.8. The number of aryl methyl sites for hydroxylation is 2. The number of hydrogen-bond acceptors (Lipinski definition) is 5. The molecule has 3 heterocycles. The summed E-state index contributed by atoms with van der Waals surface area (Å²) in [4.78, 5) is 42.5. The molecule has 0 radical (unpaired) electrons. The maximum absolute atomic E-state index is 13.8. The van der Waals surface area contributed by atoms with E-state index in [1.807, 2.05) is 39.0 Å². The minimum atomic E-state index is -0.670. The topological polar surface area (TPSA) is 98.7 Å². The Balaban J connectivity index is 1.72. The molecule has 5 atom stereocenters. The SMILES string of the molecule is CCCNC(=O)[C@H]1[C@H]2C(=O)N(CCCO)C(C(=O)Nc3c(C)cccc3C)C23CC[C@]1(C)S3. The fourth-order valence-corrected chi connectivity index (χ4v) is 8.53. The van der Waals surface area contributed by atoms with Gasteiger partial charge in [-0.15, -0.1) is 11.8 Å². The summed E-state index contributed by atoms with van der Waals surface area (Å²) in [5.41, 5.74) is 2.71. The van der Waals surface area contributed by atoms with Crippen molar-refractivity contribution in [2.45, 2.75) is 68.9 Å². The number of aliphatic hydroxyl groups excluding tert-OH is 1. The summed E-state index contributed by atoms with van der Waals surface area (Å²) in [7, 11) is 0. The highest BCUT2D eigenvalue weighted by Crippen LogP contribution is 2.71. The van der Waals surface area contributed by atoms with Crippen LogP contribution in [0.25, 0.3) is 0 Å². The molecule has 0 saturated carbocycles. The largest absolute Gasteiger partial charge is 0.396 e. The first-order valence-electron chi connectivity index (χ1n) is 12.0. The minimum Gasteiger partial charge on any atom is -0.396 e. The molecule has 3 fully saturated rings. The predicted molar refractivity (Wildman–Crippen MR) is 130 cm³/mol. The quantitative estimate of drug-likeness (QED) is 0.539. The van der Waals surface area contributed by atoms with Crippen molar-refractivity contribution in [2.24, 2.45) is 11.8 Å². The number of carbonyl (C=O) groups excluding carboxylic acids is 3. The first-order valence-corrected chi connectivity index (χ1v) is 12.8. The molecule has 3 amide bonds. The average molecular weight is 474 g/mol. The number of nitrogens with one attached hydrogen (secondary N) is 2. The minimum absolute atomic E-state index is 0.0576. The van der Waals surface area contributed by atoms with Crippen LogP contribution in [0.15, 0.2) is 18.2 Å². The van der Waals surface area contributed by atoms with E-state index in [4.69, 9.17) is 0 Å². The van der Waals surface area contributed by atoms with Crippen LogP contribution in [-0.2, 0) is 14.4 Å². The van der Waals surface area contributed by atoms with E-state index < -0.39 is 22.6 Å². The van der Waals surface area contributed by atoms with E-state index in [-0.39, 0.29) is 29.1 Å². The van der Waals surface area contributed by atoms with E-state index in [2.05, 4.69) is 17.6 Å². The average Bonchev–Trinajstić information content (AvgIpc) is 3.34. The first-order chi connectivity index (χ1) is 15.7. The summed E-state index contributed by atoms with van der Waals surface area (Å²) >= 11 is 1.67. The van der Waals surface area contributed by atoms with Crippen molar-refractivity contribution in [1.82, 2.24) is 10.2 Å². The second-order valence-electron chi connectivity index (χ2n) is 9.88. The van der Waals surface area contributed by atoms with Crippen molar-refractivity contribution in [3.63, 3.8) is 0 Å². The molecule has 1 spiro atoms. The summed E-state index contributed by atoms with van der Waals surface area (Å²) in [6, 6.07) is 5.20. The smallest absolute Gasteiger partial charge is 0.248 e. The number of benzene rings is 1. The molecule has 0 aliphatic carbocycles. The van der Waals surface area contributed by atoms with Gasteiger partial charge >= 0.3 is 0 Å². The Kier molecular flexibility index (Phi) is 6.53. The number of likely N-dealkylation sites (tertiary alicyclic amines) is 1. The summed E-state index contributed by atoms with van der Waals surface area (Å²) in [5, 5.41) is 15.6. The van der Waals surface area contributed by atoms with Crippen LogP contribution in [0.1, 0.15) is 50.7 Å². The number of amides is 3. The van der Waals surface area contributed by atoms with Gasteiger partial charge in [-0.3, -0.25) is 14.4 Å². The van der Waals surface area contributed by atoms with E-state index in [1.54, 1.807) is 16.7 Å². The lowest BCUT2D eigenvalue weighted by atomic mass is 9.66. The molecule has 0 aromatic heterocycles. The predicted octanol–water partition coefficient (Wildman–Crippen LogP) is 2.63. The van der Waals surface area contributed by atoms with Gasteiger partial charge in [0.2, 0.25) is 17.7 Å². The number of rotatable bonds is 8. The van der Waals surface area contributed by atoms with Crippen LogP contribution in [0.3, 0.4) is 0 Å². The molecule has 3 saturated heterocycles. The van der Waals surface area contributed by atoms with Crippen LogP contribution in [-0.4, -0.2) is 63.0 Å². The lowest BCUT2D eigenvalue weighted by molar-refractivity contribution is -0.140. The number of hydrogen-bond donors (Lipinski definition) is 3. The molecule has 4 rings (SSSR count). The maximum Gasteiger partial charge on any atom is 0.248 e. The molecule has 33 heavy (non-hydrogen) atoms. The van der Waals surface area contributed by atoms with Crippen molar-refractivity contribution in [2.75, 3.05) is 25.0 Å². The van der Waals surface area contributed by atoms with E-state index in [0.29, 0.717) is 19.5 Å². The van der Waals surface area contributed by atoms with Gasteiger partial charge in [0.05, 0.1) is 16.6 Å². The molecular weight excluding hydrogens is 438 g/mol. The molecular formula is C25H35N3O4S. The van der Waals surface area contributed by atoms with Crippen molar-refractivity contribution < 1.29 is 19.5 Å². The van der Waals surface area contributed by atoms with Gasteiger partial charge in [0.15, 0.2) is 0 Å². The Labute approximate surface area is 200 Å². The highest BCUT2D eigenvalue weighted by molar-refractivity contribution is 8.02. The van der Waals surface area contributed by atoms with Crippen LogP contribution < -0.4 is 10.6 Å². The summed E-state index contributed by atoms with van der Waals surface area (Å²) < 4.78 is -0.992. The number of aliphatic hydroxyl groups is 1. The first kappa shape index (κ1) is 24.1. The van der Waals surface area contributed by atoms with Crippen molar-refractivity contribution in [3.05, 3.63) is 29.3 Å². The van der Waals surface area contributed by atoms with Crippen LogP contribution in [0.4, 0.5) is 5.69 Å². The molecule has 3 aliphatic rings. The lowest BCUT2D eigenvalue weighted by Crippen LogP contribution is -2.52. The molecule has 3 N–H and O–H groups in total. The fourth-order valence-electron chi connectivity index (χ4n) is 6.17. The van der Waals surface area contributed by atoms with Gasteiger partial charge in [0, 0.05) is 30.1 Å². The van der Waals surface area contributed by atoms with Crippen LogP contribution in [0.5, 0.6) is 0 Å². The van der Waals surface area contributed by atoms with Gasteiger partial charge in [-0.25, -0.2) is 0 Å². The molecule has 2 bridgehead atoms. The lowest BCUT2D eigenvalue weighted by Gasteiger charge is -2.35. The number of para-hydroxylation sites is 1. The maximum atomic E-state index is 13.8. The van der Waals surface area contributed by atoms with Crippen molar-refractivity contribution >= 4 is 35.2 Å². The zero-order valence-electron chi connectivity index (χ0n) is 19.9.